The number of nitrogens with one attached hydrogen (secondary N) is 1. The Bertz CT molecular complexity index is 568. The Morgan fingerprint density at radius 3 is 3.06 bits per heavy atom. The summed E-state index contributed by atoms with van der Waals surface area (Å²) in [5, 5.41) is 17.9. The van der Waals surface area contributed by atoms with Crippen molar-refractivity contribution in [3.63, 3.8) is 0 Å². The smallest absolute Gasteiger partial charge is 0.283 e. The van der Waals surface area contributed by atoms with Gasteiger partial charge in [-0.3, -0.25) is 4.79 Å². The van der Waals surface area contributed by atoms with Crippen LogP contribution in [0.5, 0.6) is 0 Å². The summed E-state index contributed by atoms with van der Waals surface area (Å²) in [6.45, 7) is 0.741. The third-order valence-corrected chi connectivity index (χ3v) is 3.97. The van der Waals surface area contributed by atoms with Crippen molar-refractivity contribution in [2.75, 3.05) is 11.9 Å². The Hall–Kier alpha value is -1.18. The molecule has 2 aromatic rings. The summed E-state index contributed by atoms with van der Waals surface area (Å²) >= 11 is 4.90. The molecule has 0 radical (unpaired) electrons. The Balaban J connectivity index is 2.14. The lowest BCUT2D eigenvalue weighted by Gasteiger charge is -2.09. The molecule has 2 heterocycles. The molecule has 0 saturated carbocycles. The van der Waals surface area contributed by atoms with Crippen molar-refractivity contribution >= 4 is 33.0 Å². The minimum Gasteiger partial charge on any atom is -0.394 e. The lowest BCUT2D eigenvalue weighted by atomic mass is 10.4. The van der Waals surface area contributed by atoms with Crippen LogP contribution in [-0.4, -0.2) is 21.5 Å². The lowest BCUT2D eigenvalue weighted by Crippen LogP contribution is -2.25. The number of rotatable bonds is 5. The quantitative estimate of drug-likeness (QED) is 0.875. The van der Waals surface area contributed by atoms with Crippen LogP contribution in [0.2, 0.25) is 0 Å². The monoisotopic (exact) mass is 329 g/mol. The lowest BCUT2D eigenvalue weighted by molar-refractivity contribution is 0.266. The van der Waals surface area contributed by atoms with E-state index in [1.54, 1.807) is 17.5 Å². The van der Waals surface area contributed by atoms with Crippen LogP contribution in [0.1, 0.15) is 4.88 Å². The molecule has 0 saturated heterocycles. The Morgan fingerprint density at radius 2 is 2.39 bits per heavy atom. The van der Waals surface area contributed by atoms with Gasteiger partial charge in [0.25, 0.3) is 5.56 Å². The molecule has 0 unspecified atom stereocenters. The molecule has 5 nitrogen and oxygen atoms in total. The van der Waals surface area contributed by atoms with Crippen LogP contribution in [-0.2, 0) is 13.1 Å². The van der Waals surface area contributed by atoms with Gasteiger partial charge in [-0.15, -0.1) is 11.3 Å². The maximum Gasteiger partial charge on any atom is 0.283 e. The first-order chi connectivity index (χ1) is 8.72. The highest BCUT2D eigenvalue weighted by Gasteiger charge is 2.08. The van der Waals surface area contributed by atoms with Gasteiger partial charge in [-0.05, 0) is 27.4 Å². The fourth-order valence-corrected chi connectivity index (χ4v) is 2.53. The molecular formula is C11H12BrN3O2S. The summed E-state index contributed by atoms with van der Waals surface area (Å²) in [6.07, 6.45) is 1.58. The van der Waals surface area contributed by atoms with Crippen LogP contribution in [0.3, 0.4) is 0 Å². The van der Waals surface area contributed by atoms with E-state index in [1.807, 2.05) is 17.5 Å². The van der Waals surface area contributed by atoms with Crippen molar-refractivity contribution < 1.29 is 5.11 Å². The van der Waals surface area contributed by atoms with Gasteiger partial charge in [0.2, 0.25) is 0 Å². The highest BCUT2D eigenvalue weighted by atomic mass is 79.9. The number of aromatic nitrogens is 2. The van der Waals surface area contributed by atoms with Crippen molar-refractivity contribution in [2.45, 2.75) is 13.1 Å². The standard InChI is InChI=1S/C11H12BrN3O2S/c12-10-9(13-6-8-2-1-5-18-8)7-14-15(3-4-16)11(10)17/h1-2,5,7,13,16H,3-4,6H2. The number of nitrogens with zero attached hydrogens (tertiary/aromatic N) is 2. The van der Waals surface area contributed by atoms with E-state index < -0.39 is 0 Å². The maximum absolute atomic E-state index is 11.8. The van der Waals surface area contributed by atoms with Gasteiger partial charge in [0.05, 0.1) is 25.0 Å². The molecule has 0 aliphatic rings. The molecule has 0 atom stereocenters. The zero-order valence-electron chi connectivity index (χ0n) is 9.47. The van der Waals surface area contributed by atoms with Gasteiger partial charge in [0, 0.05) is 11.4 Å². The summed E-state index contributed by atoms with van der Waals surface area (Å²) in [5.74, 6) is 0. The van der Waals surface area contributed by atoms with E-state index in [1.165, 1.54) is 9.56 Å². The Kier molecular flexibility index (Phi) is 4.51. The number of hydrogen-bond acceptors (Lipinski definition) is 5. The predicted molar refractivity (Wildman–Crippen MR) is 74.9 cm³/mol. The number of hydrogen-bond donors (Lipinski definition) is 2. The average molecular weight is 330 g/mol. The fourth-order valence-electron chi connectivity index (χ4n) is 1.44. The van der Waals surface area contributed by atoms with E-state index >= 15 is 0 Å². The number of thiophene rings is 1. The van der Waals surface area contributed by atoms with Crippen LogP contribution < -0.4 is 10.9 Å². The van der Waals surface area contributed by atoms with Crippen LogP contribution in [0.25, 0.3) is 0 Å². The summed E-state index contributed by atoms with van der Waals surface area (Å²) in [5.41, 5.74) is 0.405. The molecule has 0 amide bonds. The van der Waals surface area contributed by atoms with Crippen LogP contribution in [0.4, 0.5) is 5.69 Å². The van der Waals surface area contributed by atoms with Gasteiger partial charge in [0.1, 0.15) is 4.47 Å². The molecule has 2 rings (SSSR count). The highest BCUT2D eigenvalue weighted by Crippen LogP contribution is 2.18. The molecule has 2 N–H and O–H groups in total. The molecule has 96 valence electrons. The average Bonchev–Trinajstić information content (AvgIpc) is 2.87. The Morgan fingerprint density at radius 1 is 1.56 bits per heavy atom. The highest BCUT2D eigenvalue weighted by molar-refractivity contribution is 9.10. The molecular weight excluding hydrogens is 318 g/mol. The van der Waals surface area contributed by atoms with Crippen LogP contribution >= 0.6 is 27.3 Å². The van der Waals surface area contributed by atoms with Gasteiger partial charge in [-0.1, -0.05) is 6.07 Å². The van der Waals surface area contributed by atoms with Gasteiger partial charge in [0.15, 0.2) is 0 Å². The van der Waals surface area contributed by atoms with Gasteiger partial charge in [-0.2, -0.15) is 5.10 Å². The second kappa shape index (κ2) is 6.12. The zero-order chi connectivity index (χ0) is 13.0. The van der Waals surface area contributed by atoms with Crippen molar-refractivity contribution in [2.24, 2.45) is 0 Å². The molecule has 0 aliphatic carbocycles. The first-order valence-electron chi connectivity index (χ1n) is 5.35. The predicted octanol–water partition coefficient (Wildman–Crippen LogP) is 1.67. The first kappa shape index (κ1) is 13.3. The summed E-state index contributed by atoms with van der Waals surface area (Å²) in [6, 6.07) is 4.00. The van der Waals surface area contributed by atoms with E-state index in [9.17, 15) is 4.79 Å². The number of aliphatic hydroxyl groups excluding tert-OH is 1. The molecule has 0 bridgehead atoms. The molecule has 7 heteroatoms. The van der Waals surface area contributed by atoms with E-state index in [0.717, 1.165) is 0 Å². The molecule has 2 aromatic heterocycles. The minimum atomic E-state index is -0.250. The Labute approximate surface area is 116 Å². The maximum atomic E-state index is 11.8. The fraction of sp³-hybridized carbons (Fsp3) is 0.273. The summed E-state index contributed by atoms with van der Waals surface area (Å²) < 4.78 is 1.66. The van der Waals surface area contributed by atoms with E-state index in [0.29, 0.717) is 16.7 Å². The van der Waals surface area contributed by atoms with Crippen molar-refractivity contribution in [3.05, 3.63) is 43.4 Å². The third kappa shape index (κ3) is 2.98. The molecule has 0 spiro atoms. The second-order valence-electron chi connectivity index (χ2n) is 3.56. The first-order valence-corrected chi connectivity index (χ1v) is 7.02. The topological polar surface area (TPSA) is 67.2 Å². The van der Waals surface area contributed by atoms with Gasteiger partial charge >= 0.3 is 0 Å². The van der Waals surface area contributed by atoms with E-state index in [2.05, 4.69) is 26.3 Å². The number of aliphatic hydroxyl groups is 1. The zero-order valence-corrected chi connectivity index (χ0v) is 11.9. The third-order valence-electron chi connectivity index (χ3n) is 2.33. The summed E-state index contributed by atoms with van der Waals surface area (Å²) in [7, 11) is 0. The largest absolute Gasteiger partial charge is 0.394 e. The molecule has 18 heavy (non-hydrogen) atoms. The normalized spacial score (nSPS) is 10.6. The van der Waals surface area contributed by atoms with E-state index in [-0.39, 0.29) is 18.7 Å². The van der Waals surface area contributed by atoms with Gasteiger partial charge < -0.3 is 10.4 Å². The SMILES string of the molecule is O=c1c(Br)c(NCc2cccs2)cnn1CCO. The van der Waals surface area contributed by atoms with Crippen LogP contribution in [0, 0.1) is 0 Å². The molecule has 0 aromatic carbocycles. The minimum absolute atomic E-state index is 0.110. The van der Waals surface area contributed by atoms with Crippen molar-refractivity contribution in [3.8, 4) is 0 Å². The van der Waals surface area contributed by atoms with Crippen molar-refractivity contribution in [1.82, 2.24) is 9.78 Å². The van der Waals surface area contributed by atoms with Gasteiger partial charge in [-0.25, -0.2) is 4.68 Å². The molecule has 0 aliphatic heterocycles. The number of anilines is 1. The van der Waals surface area contributed by atoms with E-state index in [4.69, 9.17) is 5.11 Å². The second-order valence-corrected chi connectivity index (χ2v) is 5.38. The van der Waals surface area contributed by atoms with Crippen molar-refractivity contribution in [1.29, 1.82) is 0 Å². The number of halogens is 1. The summed E-state index contributed by atoms with van der Waals surface area (Å²) in [4.78, 5) is 13.0. The van der Waals surface area contributed by atoms with Crippen LogP contribution in [0.15, 0.2) is 33.0 Å². The molecule has 0 fully saturated rings.